The molecule has 1 aromatic rings. The molecule has 0 saturated carbocycles. The van der Waals surface area contributed by atoms with E-state index in [0.29, 0.717) is 19.7 Å². The van der Waals surface area contributed by atoms with Gasteiger partial charge in [-0.05, 0) is 17.7 Å². The lowest BCUT2D eigenvalue weighted by Gasteiger charge is -2.35. The largest absolute Gasteiger partial charge is 0.447 e. The zero-order valence-electron chi connectivity index (χ0n) is 11.4. The summed E-state index contributed by atoms with van der Waals surface area (Å²) in [6.45, 7) is 0.349. The zero-order chi connectivity index (χ0) is 14.8. The Labute approximate surface area is 121 Å². The molecule has 2 aliphatic heterocycles. The molecule has 2 aliphatic rings. The van der Waals surface area contributed by atoms with Crippen molar-refractivity contribution in [2.24, 2.45) is 0 Å². The molecule has 21 heavy (non-hydrogen) atoms. The summed E-state index contributed by atoms with van der Waals surface area (Å²) < 4.78 is 33.8. The number of benzene rings is 1. The van der Waals surface area contributed by atoms with Gasteiger partial charge in [0.25, 0.3) is 0 Å². The number of alkyl halides is 2. The average molecular weight is 298 g/mol. The van der Waals surface area contributed by atoms with Gasteiger partial charge in [0.15, 0.2) is 0 Å². The minimum Gasteiger partial charge on any atom is -0.447 e. The first-order chi connectivity index (χ1) is 10.1. The standard InChI is InChI=1S/C14H16F2N2O3/c15-13(16)21-12-3-1-2-10(6-12)7-17-4-5-18-11(8-17)9-20-14(18)19/h1-3,6,11,13H,4-5,7-9H2. The fraction of sp³-hybridized carbons (Fsp3) is 0.500. The highest BCUT2D eigenvalue weighted by Gasteiger charge is 2.37. The molecule has 7 heteroatoms. The van der Waals surface area contributed by atoms with Crippen LogP contribution in [0, 0.1) is 0 Å². The van der Waals surface area contributed by atoms with Crippen LogP contribution in [0.1, 0.15) is 5.56 Å². The maximum atomic E-state index is 12.2. The quantitative estimate of drug-likeness (QED) is 0.852. The van der Waals surface area contributed by atoms with E-state index in [0.717, 1.165) is 18.7 Å². The lowest BCUT2D eigenvalue weighted by atomic mass is 10.1. The molecule has 1 atom stereocenters. The van der Waals surface area contributed by atoms with E-state index < -0.39 is 6.61 Å². The van der Waals surface area contributed by atoms with Gasteiger partial charge < -0.3 is 9.47 Å². The van der Waals surface area contributed by atoms with Crippen LogP contribution in [0.3, 0.4) is 0 Å². The fourth-order valence-corrected chi connectivity index (χ4v) is 2.77. The summed E-state index contributed by atoms with van der Waals surface area (Å²) in [6, 6.07) is 6.80. The molecular formula is C14H16F2N2O3. The van der Waals surface area contributed by atoms with Crippen LogP contribution in [0.4, 0.5) is 13.6 Å². The minimum absolute atomic E-state index is 0.0896. The Balaban J connectivity index is 1.61. The van der Waals surface area contributed by atoms with Crippen LogP contribution in [0.5, 0.6) is 5.75 Å². The molecule has 2 heterocycles. The van der Waals surface area contributed by atoms with E-state index in [2.05, 4.69) is 9.64 Å². The van der Waals surface area contributed by atoms with E-state index in [9.17, 15) is 13.6 Å². The third-order valence-electron chi connectivity index (χ3n) is 3.73. The maximum absolute atomic E-state index is 12.2. The SMILES string of the molecule is O=C1OCC2CN(Cc3cccc(OC(F)F)c3)CCN12. The Hall–Kier alpha value is -1.89. The number of nitrogens with zero attached hydrogens (tertiary/aromatic N) is 2. The van der Waals surface area contributed by atoms with Gasteiger partial charge in [-0.3, -0.25) is 9.80 Å². The highest BCUT2D eigenvalue weighted by molar-refractivity contribution is 5.70. The number of hydrogen-bond donors (Lipinski definition) is 0. The van der Waals surface area contributed by atoms with Crippen LogP contribution in [0.2, 0.25) is 0 Å². The second kappa shape index (κ2) is 5.85. The summed E-state index contributed by atoms with van der Waals surface area (Å²) in [5.74, 6) is 0.167. The first-order valence-corrected chi connectivity index (χ1v) is 6.81. The van der Waals surface area contributed by atoms with Crippen molar-refractivity contribution in [2.75, 3.05) is 26.2 Å². The molecule has 5 nitrogen and oxygen atoms in total. The molecule has 1 amide bonds. The van der Waals surface area contributed by atoms with Crippen molar-refractivity contribution < 1.29 is 23.0 Å². The maximum Gasteiger partial charge on any atom is 0.410 e. The number of hydrogen-bond acceptors (Lipinski definition) is 4. The molecule has 0 bridgehead atoms. The van der Waals surface area contributed by atoms with Crippen LogP contribution >= 0.6 is 0 Å². The van der Waals surface area contributed by atoms with Crippen LogP contribution < -0.4 is 4.74 Å². The number of carbonyl (C=O) groups excluding carboxylic acids is 1. The molecule has 114 valence electrons. The van der Waals surface area contributed by atoms with Gasteiger partial charge in [0.2, 0.25) is 0 Å². The van der Waals surface area contributed by atoms with Crippen molar-refractivity contribution in [3.63, 3.8) is 0 Å². The van der Waals surface area contributed by atoms with Gasteiger partial charge in [-0.25, -0.2) is 4.79 Å². The number of piperazine rings is 1. The molecule has 1 aromatic carbocycles. The van der Waals surface area contributed by atoms with Crippen LogP contribution in [-0.2, 0) is 11.3 Å². The number of amides is 1. The van der Waals surface area contributed by atoms with Crippen LogP contribution in [-0.4, -0.2) is 54.8 Å². The van der Waals surface area contributed by atoms with Gasteiger partial charge in [-0.15, -0.1) is 0 Å². The lowest BCUT2D eigenvalue weighted by molar-refractivity contribution is -0.0499. The molecule has 0 radical (unpaired) electrons. The third-order valence-corrected chi connectivity index (χ3v) is 3.73. The second-order valence-corrected chi connectivity index (χ2v) is 5.19. The Kier molecular flexibility index (Phi) is 3.92. The van der Waals surface area contributed by atoms with Crippen molar-refractivity contribution in [3.05, 3.63) is 29.8 Å². The van der Waals surface area contributed by atoms with Crippen LogP contribution in [0.15, 0.2) is 24.3 Å². The highest BCUT2D eigenvalue weighted by Crippen LogP contribution is 2.21. The second-order valence-electron chi connectivity index (χ2n) is 5.19. The predicted octanol–water partition coefficient (Wildman–Crippen LogP) is 1.92. The predicted molar refractivity (Wildman–Crippen MR) is 70.2 cm³/mol. The minimum atomic E-state index is -2.81. The van der Waals surface area contributed by atoms with E-state index in [1.807, 2.05) is 6.07 Å². The van der Waals surface area contributed by atoms with Crippen molar-refractivity contribution in [3.8, 4) is 5.75 Å². The van der Waals surface area contributed by atoms with Gasteiger partial charge in [0.05, 0.1) is 6.04 Å². The van der Waals surface area contributed by atoms with E-state index in [-0.39, 0.29) is 17.9 Å². The molecule has 2 fully saturated rings. The highest BCUT2D eigenvalue weighted by atomic mass is 19.3. The Morgan fingerprint density at radius 3 is 3.05 bits per heavy atom. The summed E-state index contributed by atoms with van der Waals surface area (Å²) in [4.78, 5) is 15.3. The summed E-state index contributed by atoms with van der Waals surface area (Å²) in [5.41, 5.74) is 0.909. The van der Waals surface area contributed by atoms with E-state index in [1.165, 1.54) is 6.07 Å². The monoisotopic (exact) mass is 298 g/mol. The Morgan fingerprint density at radius 1 is 1.38 bits per heavy atom. The van der Waals surface area contributed by atoms with Crippen LogP contribution in [0.25, 0.3) is 0 Å². The molecule has 0 aromatic heterocycles. The van der Waals surface area contributed by atoms with Crippen molar-refractivity contribution in [1.29, 1.82) is 0 Å². The molecule has 2 saturated heterocycles. The smallest absolute Gasteiger partial charge is 0.410 e. The molecule has 0 spiro atoms. The molecule has 3 rings (SSSR count). The topological polar surface area (TPSA) is 42.0 Å². The van der Waals surface area contributed by atoms with Gasteiger partial charge in [0.1, 0.15) is 12.4 Å². The lowest BCUT2D eigenvalue weighted by Crippen LogP contribution is -2.51. The molecule has 0 aliphatic carbocycles. The first-order valence-electron chi connectivity index (χ1n) is 6.81. The Bertz CT molecular complexity index is 527. The third kappa shape index (κ3) is 3.24. The van der Waals surface area contributed by atoms with E-state index in [4.69, 9.17) is 4.74 Å². The van der Waals surface area contributed by atoms with E-state index in [1.54, 1.807) is 17.0 Å². The van der Waals surface area contributed by atoms with Gasteiger partial charge in [-0.1, -0.05) is 12.1 Å². The summed E-state index contributed by atoms with van der Waals surface area (Å²) in [5, 5.41) is 0. The van der Waals surface area contributed by atoms with Crippen molar-refractivity contribution >= 4 is 6.09 Å². The number of carbonyl (C=O) groups is 1. The van der Waals surface area contributed by atoms with Crippen molar-refractivity contribution in [1.82, 2.24) is 9.80 Å². The van der Waals surface area contributed by atoms with Gasteiger partial charge in [0, 0.05) is 26.2 Å². The number of ether oxygens (including phenoxy) is 2. The summed E-state index contributed by atoms with van der Waals surface area (Å²) in [6.07, 6.45) is -0.244. The normalized spacial score (nSPS) is 22.3. The zero-order valence-corrected chi connectivity index (χ0v) is 11.4. The van der Waals surface area contributed by atoms with Gasteiger partial charge in [-0.2, -0.15) is 8.78 Å². The van der Waals surface area contributed by atoms with Crippen molar-refractivity contribution in [2.45, 2.75) is 19.2 Å². The Morgan fingerprint density at radius 2 is 2.24 bits per heavy atom. The van der Waals surface area contributed by atoms with Gasteiger partial charge >= 0.3 is 12.7 Å². The number of rotatable bonds is 4. The molecule has 1 unspecified atom stereocenters. The number of halogens is 2. The summed E-state index contributed by atoms with van der Waals surface area (Å²) >= 11 is 0. The molecule has 0 N–H and O–H groups in total. The summed E-state index contributed by atoms with van der Waals surface area (Å²) in [7, 11) is 0. The fourth-order valence-electron chi connectivity index (χ4n) is 2.77. The molecular weight excluding hydrogens is 282 g/mol. The average Bonchev–Trinajstić information content (AvgIpc) is 2.80. The number of fused-ring (bicyclic) bond motifs is 1. The first kappa shape index (κ1) is 14.1. The van der Waals surface area contributed by atoms with E-state index >= 15 is 0 Å². The number of cyclic esters (lactones) is 1.